The van der Waals surface area contributed by atoms with Crippen molar-refractivity contribution in [2.24, 2.45) is 0 Å². The zero-order valence-corrected chi connectivity index (χ0v) is 18.0. The van der Waals surface area contributed by atoms with Gasteiger partial charge in [-0.2, -0.15) is 0 Å². The van der Waals surface area contributed by atoms with Crippen LogP contribution >= 0.6 is 11.6 Å². The van der Waals surface area contributed by atoms with E-state index in [-0.39, 0.29) is 18.3 Å². The number of carbonyl (C=O) groups excluding carboxylic acids is 1. The molecule has 0 saturated carbocycles. The molecule has 0 saturated heterocycles. The third-order valence-electron chi connectivity index (χ3n) is 5.22. The number of hydrogen-bond acceptors (Lipinski definition) is 6. The van der Waals surface area contributed by atoms with E-state index in [1.807, 2.05) is 24.3 Å². The van der Waals surface area contributed by atoms with E-state index >= 15 is 0 Å². The lowest BCUT2D eigenvalue weighted by Gasteiger charge is -2.20. The van der Waals surface area contributed by atoms with Crippen LogP contribution in [0.1, 0.15) is 27.0 Å². The molecule has 5 rings (SSSR count). The molecule has 0 bridgehead atoms. The van der Waals surface area contributed by atoms with Crippen molar-refractivity contribution >= 4 is 23.5 Å². The Morgan fingerprint density at radius 3 is 2.88 bits per heavy atom. The highest BCUT2D eigenvalue weighted by Gasteiger charge is 2.29. The molecule has 0 radical (unpaired) electrons. The van der Waals surface area contributed by atoms with E-state index in [0.29, 0.717) is 46.6 Å². The predicted molar refractivity (Wildman–Crippen MR) is 118 cm³/mol. The van der Waals surface area contributed by atoms with Crippen molar-refractivity contribution in [3.63, 3.8) is 0 Å². The third kappa shape index (κ3) is 3.90. The maximum absolute atomic E-state index is 12.9. The zero-order valence-electron chi connectivity index (χ0n) is 17.2. The minimum atomic E-state index is -0.211. The first-order chi connectivity index (χ1) is 15.6. The lowest BCUT2D eigenvalue weighted by Crippen LogP contribution is -2.12. The lowest BCUT2D eigenvalue weighted by atomic mass is 10.1. The second kappa shape index (κ2) is 8.57. The minimum absolute atomic E-state index is 0.146. The number of allylic oxidation sites excluding steroid dienone is 1. The molecule has 2 aliphatic rings. The number of para-hydroxylation sites is 1. The van der Waals surface area contributed by atoms with Crippen LogP contribution in [0.4, 0.5) is 0 Å². The number of hydrogen-bond donors (Lipinski definition) is 0. The van der Waals surface area contributed by atoms with Gasteiger partial charge >= 0.3 is 0 Å². The van der Waals surface area contributed by atoms with Gasteiger partial charge in [0.1, 0.15) is 29.6 Å². The van der Waals surface area contributed by atoms with Gasteiger partial charge in [0.15, 0.2) is 12.6 Å². The minimum Gasteiger partial charge on any atom is -0.496 e. The van der Waals surface area contributed by atoms with Gasteiger partial charge in [0.05, 0.1) is 19.3 Å². The number of fused-ring (bicyclic) bond motifs is 2. The Balaban J connectivity index is 1.38. The van der Waals surface area contributed by atoms with Crippen molar-refractivity contribution in [2.75, 3.05) is 13.9 Å². The molecule has 7 heteroatoms. The Kier molecular flexibility index (Phi) is 5.47. The van der Waals surface area contributed by atoms with Gasteiger partial charge in [0.2, 0.25) is 5.78 Å². The van der Waals surface area contributed by atoms with E-state index < -0.39 is 0 Å². The summed E-state index contributed by atoms with van der Waals surface area (Å²) in [5, 5.41) is 0.527. The molecule has 3 aromatic carbocycles. The van der Waals surface area contributed by atoms with Crippen molar-refractivity contribution in [3.8, 4) is 23.0 Å². The molecule has 2 aliphatic heterocycles. The van der Waals surface area contributed by atoms with Crippen molar-refractivity contribution < 1.29 is 28.5 Å². The number of methoxy groups -OCH3 is 1. The molecule has 3 aromatic rings. The molecule has 0 aromatic heterocycles. The number of benzene rings is 3. The Labute approximate surface area is 189 Å². The maximum Gasteiger partial charge on any atom is 0.231 e. The van der Waals surface area contributed by atoms with Gasteiger partial charge in [-0.1, -0.05) is 29.8 Å². The summed E-state index contributed by atoms with van der Waals surface area (Å²) in [6.45, 7) is 0.869. The molecule has 0 spiro atoms. The van der Waals surface area contributed by atoms with Crippen LogP contribution in [0.5, 0.6) is 23.0 Å². The SMILES string of the molecule is COc1ccccc1COc1ccc2c(c1)O/C(=C\c1cc(Cl)cc3c1OCOC3)C2=O. The average Bonchev–Trinajstić information content (AvgIpc) is 3.12. The van der Waals surface area contributed by atoms with E-state index in [9.17, 15) is 4.79 Å². The summed E-state index contributed by atoms with van der Waals surface area (Å²) >= 11 is 6.23. The molecular weight excluding hydrogens is 432 g/mol. The Morgan fingerprint density at radius 2 is 2.00 bits per heavy atom. The quantitative estimate of drug-likeness (QED) is 0.484. The van der Waals surface area contributed by atoms with Gasteiger partial charge in [-0.05, 0) is 36.4 Å². The Hall–Kier alpha value is -3.48. The molecule has 0 N–H and O–H groups in total. The van der Waals surface area contributed by atoms with Crippen molar-refractivity contribution in [3.05, 3.63) is 87.6 Å². The normalized spacial score (nSPS) is 15.6. The van der Waals surface area contributed by atoms with E-state index in [4.69, 9.17) is 35.3 Å². The molecule has 0 unspecified atom stereocenters. The molecular formula is C25H19ClO6. The molecule has 162 valence electrons. The molecule has 0 fully saturated rings. The van der Waals surface area contributed by atoms with Crippen molar-refractivity contribution in [2.45, 2.75) is 13.2 Å². The van der Waals surface area contributed by atoms with Gasteiger partial charge in [0.25, 0.3) is 0 Å². The number of halogens is 1. The van der Waals surface area contributed by atoms with Crippen LogP contribution in [-0.2, 0) is 18.0 Å². The molecule has 0 aliphatic carbocycles. The molecule has 6 nitrogen and oxygen atoms in total. The van der Waals surface area contributed by atoms with Crippen molar-refractivity contribution in [1.82, 2.24) is 0 Å². The Morgan fingerprint density at radius 1 is 1.12 bits per heavy atom. The standard InChI is InChI=1S/C25H19ClO6/c1-28-21-5-3-2-4-15(21)13-30-19-6-7-20-22(11-19)32-23(24(20)27)10-16-8-18(26)9-17-12-29-14-31-25(16)17/h2-11H,12-14H2,1H3/b23-10-. The zero-order chi connectivity index (χ0) is 22.1. The van der Waals surface area contributed by atoms with Crippen molar-refractivity contribution in [1.29, 1.82) is 0 Å². The summed E-state index contributed by atoms with van der Waals surface area (Å²) in [6, 6.07) is 16.3. The number of rotatable bonds is 5. The summed E-state index contributed by atoms with van der Waals surface area (Å²) in [5.74, 6) is 2.41. The second-order valence-corrected chi connectivity index (χ2v) is 7.73. The Bertz CT molecular complexity index is 1230. The van der Waals surface area contributed by atoms with E-state index in [1.165, 1.54) is 0 Å². The van der Waals surface area contributed by atoms with Gasteiger partial charge in [-0.25, -0.2) is 0 Å². The predicted octanol–water partition coefficient (Wildman–Crippen LogP) is 5.41. The van der Waals surface area contributed by atoms with Gasteiger partial charge in [-0.15, -0.1) is 0 Å². The number of Topliss-reactive ketones (excluding diaryl/α,β-unsaturated/α-hetero) is 1. The largest absolute Gasteiger partial charge is 0.496 e. The maximum atomic E-state index is 12.9. The van der Waals surface area contributed by atoms with Crippen LogP contribution in [0.25, 0.3) is 6.08 Å². The molecule has 2 heterocycles. The van der Waals surface area contributed by atoms with Crippen LogP contribution in [0.15, 0.2) is 60.4 Å². The van der Waals surface area contributed by atoms with Crippen LogP contribution in [-0.4, -0.2) is 19.7 Å². The molecule has 0 atom stereocenters. The monoisotopic (exact) mass is 450 g/mol. The van der Waals surface area contributed by atoms with Crippen LogP contribution in [0.2, 0.25) is 5.02 Å². The second-order valence-electron chi connectivity index (χ2n) is 7.29. The van der Waals surface area contributed by atoms with E-state index in [1.54, 1.807) is 43.5 Å². The number of ketones is 1. The van der Waals surface area contributed by atoms with E-state index in [0.717, 1.165) is 16.9 Å². The van der Waals surface area contributed by atoms with Gasteiger partial charge in [-0.3, -0.25) is 4.79 Å². The fraction of sp³-hybridized carbons (Fsp3) is 0.160. The van der Waals surface area contributed by atoms with E-state index in [2.05, 4.69) is 0 Å². The highest BCUT2D eigenvalue weighted by Crippen LogP contribution is 2.38. The average molecular weight is 451 g/mol. The lowest BCUT2D eigenvalue weighted by molar-refractivity contribution is -0.0165. The first-order valence-corrected chi connectivity index (χ1v) is 10.4. The third-order valence-corrected chi connectivity index (χ3v) is 5.44. The number of ether oxygens (including phenoxy) is 5. The van der Waals surface area contributed by atoms with Gasteiger partial charge in [0, 0.05) is 27.8 Å². The summed E-state index contributed by atoms with van der Waals surface area (Å²) in [7, 11) is 1.62. The topological polar surface area (TPSA) is 63.2 Å². The number of carbonyl (C=O) groups is 1. The highest BCUT2D eigenvalue weighted by atomic mass is 35.5. The fourth-order valence-electron chi connectivity index (χ4n) is 3.70. The highest BCUT2D eigenvalue weighted by molar-refractivity contribution is 6.31. The summed E-state index contributed by atoms with van der Waals surface area (Å²) in [5.41, 5.74) is 2.88. The molecule has 0 amide bonds. The summed E-state index contributed by atoms with van der Waals surface area (Å²) < 4.78 is 28.1. The van der Waals surface area contributed by atoms with Crippen LogP contribution < -0.4 is 18.9 Å². The first kappa shape index (κ1) is 20.4. The summed E-state index contributed by atoms with van der Waals surface area (Å²) in [6.07, 6.45) is 1.65. The van der Waals surface area contributed by atoms with Gasteiger partial charge < -0.3 is 23.7 Å². The molecule has 32 heavy (non-hydrogen) atoms. The van der Waals surface area contributed by atoms with Crippen LogP contribution in [0.3, 0.4) is 0 Å². The first-order valence-electron chi connectivity index (χ1n) is 9.98. The smallest absolute Gasteiger partial charge is 0.231 e. The summed E-state index contributed by atoms with van der Waals surface area (Å²) in [4.78, 5) is 12.9. The fourth-order valence-corrected chi connectivity index (χ4v) is 3.95. The van der Waals surface area contributed by atoms with Crippen LogP contribution in [0, 0.1) is 0 Å².